The Morgan fingerprint density at radius 1 is 1.08 bits per heavy atom. The van der Waals surface area contributed by atoms with Crippen LogP contribution in [0.5, 0.6) is 0 Å². The third kappa shape index (κ3) is 5.65. The van der Waals surface area contributed by atoms with Crippen molar-refractivity contribution in [3.8, 4) is 0 Å². The Bertz CT molecular complexity index is 1140. The summed E-state index contributed by atoms with van der Waals surface area (Å²) in [6.45, 7) is 9.80. The molecular formula is C29H40N4O6. The van der Waals surface area contributed by atoms with Gasteiger partial charge in [-0.15, -0.1) is 0 Å². The van der Waals surface area contributed by atoms with E-state index in [-0.39, 0.29) is 41.6 Å². The first-order valence-corrected chi connectivity index (χ1v) is 13.8. The Balaban J connectivity index is 1.60. The summed E-state index contributed by atoms with van der Waals surface area (Å²) in [5, 5.41) is 5.52. The van der Waals surface area contributed by atoms with Crippen molar-refractivity contribution >= 4 is 29.6 Å². The van der Waals surface area contributed by atoms with Crippen LogP contribution in [0, 0.1) is 23.2 Å². The number of nitrogens with zero attached hydrogens (tertiary/aromatic N) is 1. The molecule has 1 aromatic rings. The number of hydrogen-bond acceptors (Lipinski definition) is 6. The quantitative estimate of drug-likeness (QED) is 0.385. The predicted octanol–water partition coefficient (Wildman–Crippen LogP) is 1.73. The van der Waals surface area contributed by atoms with Crippen LogP contribution in [-0.2, 0) is 36.8 Å². The number of piperidine rings is 1. The molecule has 0 aromatic heterocycles. The van der Waals surface area contributed by atoms with Gasteiger partial charge in [0.05, 0.1) is 12.1 Å². The van der Waals surface area contributed by atoms with E-state index in [4.69, 9.17) is 10.5 Å². The number of ketones is 1. The molecule has 0 spiro atoms. The van der Waals surface area contributed by atoms with Gasteiger partial charge in [0.2, 0.25) is 17.6 Å². The molecule has 2 unspecified atom stereocenters. The molecule has 212 valence electrons. The first-order chi connectivity index (χ1) is 18.4. The smallest absolute Gasteiger partial charge is 0.408 e. The summed E-state index contributed by atoms with van der Waals surface area (Å²) in [5.41, 5.74) is 7.33. The Morgan fingerprint density at radius 2 is 1.69 bits per heavy atom. The van der Waals surface area contributed by atoms with Crippen LogP contribution >= 0.6 is 0 Å². The highest BCUT2D eigenvalue weighted by Gasteiger charge is 2.69. The molecule has 10 nitrogen and oxygen atoms in total. The van der Waals surface area contributed by atoms with Gasteiger partial charge in [0.25, 0.3) is 5.91 Å². The summed E-state index contributed by atoms with van der Waals surface area (Å²) in [6.07, 6.45) is 1.00. The van der Waals surface area contributed by atoms with E-state index in [0.717, 1.165) is 11.1 Å². The van der Waals surface area contributed by atoms with E-state index in [0.29, 0.717) is 25.8 Å². The van der Waals surface area contributed by atoms with Gasteiger partial charge < -0.3 is 26.0 Å². The van der Waals surface area contributed by atoms with Gasteiger partial charge in [-0.25, -0.2) is 4.79 Å². The minimum absolute atomic E-state index is 0.101. The van der Waals surface area contributed by atoms with E-state index < -0.39 is 41.8 Å². The van der Waals surface area contributed by atoms with Crippen molar-refractivity contribution in [2.24, 2.45) is 28.9 Å². The molecule has 10 heteroatoms. The molecule has 2 aliphatic carbocycles. The van der Waals surface area contributed by atoms with Crippen LogP contribution in [0.4, 0.5) is 4.79 Å². The van der Waals surface area contributed by atoms with E-state index in [1.807, 2.05) is 31.2 Å². The van der Waals surface area contributed by atoms with Crippen molar-refractivity contribution in [2.75, 3.05) is 6.54 Å². The van der Waals surface area contributed by atoms with Crippen molar-refractivity contribution in [2.45, 2.75) is 84.5 Å². The minimum Gasteiger partial charge on any atom is -0.447 e. The second-order valence-corrected chi connectivity index (χ2v) is 12.0. The van der Waals surface area contributed by atoms with E-state index >= 15 is 0 Å². The van der Waals surface area contributed by atoms with Crippen LogP contribution in [0.25, 0.3) is 0 Å². The number of carbonyl (C=O) groups excluding carboxylic acids is 5. The Kier molecular flexibility index (Phi) is 8.04. The van der Waals surface area contributed by atoms with Crippen LogP contribution in [0.2, 0.25) is 0 Å². The Hall–Kier alpha value is -3.43. The molecule has 5 atom stereocenters. The molecule has 1 saturated heterocycles. The molecule has 39 heavy (non-hydrogen) atoms. The lowest BCUT2D eigenvalue weighted by molar-refractivity contribution is -0.144. The number of Topliss-reactive ketones (excluding diaryl/α,β-unsaturated/α-hetero) is 1. The first kappa shape index (κ1) is 28.6. The van der Waals surface area contributed by atoms with Gasteiger partial charge in [0.15, 0.2) is 0 Å². The van der Waals surface area contributed by atoms with Crippen molar-refractivity contribution in [3.05, 3.63) is 35.4 Å². The molecular weight excluding hydrogens is 500 g/mol. The van der Waals surface area contributed by atoms with Crippen LogP contribution in [0.1, 0.15) is 58.6 Å². The zero-order valence-electron chi connectivity index (χ0n) is 23.4. The highest BCUT2D eigenvalue weighted by molar-refractivity contribution is 6.37. The lowest BCUT2D eigenvalue weighted by Crippen LogP contribution is -2.59. The number of nitrogens with two attached hydrogens (primary N) is 1. The maximum atomic E-state index is 14.2. The fourth-order valence-electron chi connectivity index (χ4n) is 6.56. The Labute approximate surface area is 229 Å². The van der Waals surface area contributed by atoms with Crippen molar-refractivity contribution in [1.82, 2.24) is 15.5 Å². The number of ether oxygens (including phenoxy) is 1. The Morgan fingerprint density at radius 3 is 2.23 bits per heavy atom. The van der Waals surface area contributed by atoms with E-state index in [9.17, 15) is 24.0 Å². The molecule has 4 amide bonds. The number of benzene rings is 1. The number of hydrogen-bond donors (Lipinski definition) is 3. The summed E-state index contributed by atoms with van der Waals surface area (Å²) < 4.78 is 5.31. The van der Waals surface area contributed by atoms with Gasteiger partial charge in [-0.3, -0.25) is 19.2 Å². The maximum absolute atomic E-state index is 14.2. The van der Waals surface area contributed by atoms with Crippen LogP contribution in [0.3, 0.4) is 0 Å². The maximum Gasteiger partial charge on any atom is 0.408 e. The minimum atomic E-state index is -1.11. The molecule has 3 aliphatic rings. The first-order valence-electron chi connectivity index (χ1n) is 13.8. The van der Waals surface area contributed by atoms with Crippen LogP contribution in [-0.4, -0.2) is 65.3 Å². The summed E-state index contributed by atoms with van der Waals surface area (Å²) in [6, 6.07) is 5.19. The third-order valence-electron chi connectivity index (χ3n) is 8.65. The molecule has 4 rings (SSSR count). The van der Waals surface area contributed by atoms with Gasteiger partial charge >= 0.3 is 6.09 Å². The van der Waals surface area contributed by atoms with Crippen molar-refractivity contribution in [1.29, 1.82) is 0 Å². The summed E-state index contributed by atoms with van der Waals surface area (Å²) in [4.78, 5) is 66.1. The monoisotopic (exact) mass is 540 g/mol. The largest absolute Gasteiger partial charge is 0.447 e. The fraction of sp³-hybridized carbons (Fsp3) is 0.621. The highest BCUT2D eigenvalue weighted by atomic mass is 16.6. The number of carbonyl (C=O) groups is 5. The van der Waals surface area contributed by atoms with Gasteiger partial charge in [-0.2, -0.15) is 0 Å². The number of nitrogens with one attached hydrogen (secondary N) is 2. The van der Waals surface area contributed by atoms with Crippen molar-refractivity contribution in [3.63, 3.8) is 0 Å². The average molecular weight is 541 g/mol. The summed E-state index contributed by atoms with van der Waals surface area (Å²) >= 11 is 0. The topological polar surface area (TPSA) is 148 Å². The lowest BCUT2D eigenvalue weighted by Gasteiger charge is -2.35. The molecule has 1 aliphatic heterocycles. The SMILES string of the molecule is CCCC(NC(=O)[C@@H]1C2[C@H](CN1C(=O)[C@@H](NC(=O)OC(C)C)C1Cc3ccccc3C1)C2(C)C)C(=O)C(N)=O. The number of alkyl carbamates (subject to hydrolysis) is 1. The van der Waals surface area contributed by atoms with E-state index in [2.05, 4.69) is 24.5 Å². The predicted molar refractivity (Wildman–Crippen MR) is 143 cm³/mol. The number of likely N-dealkylation sites (tertiary alicyclic amines) is 1. The number of rotatable bonds is 10. The average Bonchev–Trinajstić information content (AvgIpc) is 3.24. The van der Waals surface area contributed by atoms with Gasteiger partial charge in [0, 0.05) is 6.54 Å². The molecule has 0 bridgehead atoms. The van der Waals surface area contributed by atoms with Gasteiger partial charge in [-0.1, -0.05) is 51.5 Å². The van der Waals surface area contributed by atoms with Crippen LogP contribution in [0.15, 0.2) is 24.3 Å². The van der Waals surface area contributed by atoms with Gasteiger partial charge in [0.1, 0.15) is 12.1 Å². The second kappa shape index (κ2) is 11.0. The molecule has 1 saturated carbocycles. The summed E-state index contributed by atoms with van der Waals surface area (Å²) in [5.74, 6) is -2.97. The second-order valence-electron chi connectivity index (χ2n) is 12.0. The zero-order valence-corrected chi connectivity index (χ0v) is 23.4. The van der Waals surface area contributed by atoms with Crippen LogP contribution < -0.4 is 16.4 Å². The standard InChI is InChI=1S/C29H40N4O6/c1-6-9-20(24(34)25(30)35)31-26(36)23-21-19(29(21,4)5)14-33(23)27(37)22(32-28(38)39-15(2)3)18-12-16-10-7-8-11-17(16)13-18/h7-8,10-11,15,18-23H,6,9,12-14H2,1-5H3,(H2,30,35)(H,31,36)(H,32,38)/t19-,20?,21?,22-,23-/m0/s1. The van der Waals surface area contributed by atoms with E-state index in [1.54, 1.807) is 18.7 Å². The van der Waals surface area contributed by atoms with Gasteiger partial charge in [-0.05, 0) is 67.4 Å². The van der Waals surface area contributed by atoms with E-state index in [1.165, 1.54) is 0 Å². The van der Waals surface area contributed by atoms with Crippen molar-refractivity contribution < 1.29 is 28.7 Å². The molecule has 0 radical (unpaired) electrons. The number of primary amides is 1. The zero-order chi connectivity index (χ0) is 28.6. The molecule has 1 heterocycles. The summed E-state index contributed by atoms with van der Waals surface area (Å²) in [7, 11) is 0. The lowest BCUT2D eigenvalue weighted by atomic mass is 9.93. The fourth-order valence-corrected chi connectivity index (χ4v) is 6.56. The third-order valence-corrected chi connectivity index (χ3v) is 8.65. The molecule has 4 N–H and O–H groups in total. The normalized spacial score (nSPS) is 24.4. The number of amides is 4. The highest BCUT2D eigenvalue weighted by Crippen LogP contribution is 2.65. The molecule has 1 aromatic carbocycles. The number of fused-ring (bicyclic) bond motifs is 2. The molecule has 2 fully saturated rings.